The Hall–Kier alpha value is -1.36. The van der Waals surface area contributed by atoms with Crippen molar-refractivity contribution >= 4 is 17.3 Å². The van der Waals surface area contributed by atoms with Crippen molar-refractivity contribution in [1.82, 2.24) is 0 Å². The van der Waals surface area contributed by atoms with Gasteiger partial charge >= 0.3 is 0 Å². The first kappa shape index (κ1) is 15.7. The van der Waals surface area contributed by atoms with Crippen molar-refractivity contribution in [2.24, 2.45) is 5.92 Å². The van der Waals surface area contributed by atoms with Gasteiger partial charge in [0.15, 0.2) is 11.6 Å². The Bertz CT molecular complexity index is 465. The van der Waals surface area contributed by atoms with E-state index in [1.807, 2.05) is 13.8 Å². The number of ether oxygens (including phenoxy) is 1. The predicted molar refractivity (Wildman–Crippen MR) is 72.4 cm³/mol. The lowest BCUT2D eigenvalue weighted by Crippen LogP contribution is -2.09. The van der Waals surface area contributed by atoms with Gasteiger partial charge in [-0.05, 0) is 24.8 Å². The molecule has 0 spiro atoms. The fourth-order valence-electron chi connectivity index (χ4n) is 1.91. The normalized spacial score (nSPS) is 12.5. The van der Waals surface area contributed by atoms with Crippen molar-refractivity contribution in [1.29, 1.82) is 0 Å². The Kier molecular flexibility index (Phi) is 5.54. The first-order chi connectivity index (χ1) is 8.85. The molecule has 1 rings (SSSR count). The van der Waals surface area contributed by atoms with Crippen molar-refractivity contribution < 1.29 is 14.1 Å². The van der Waals surface area contributed by atoms with Gasteiger partial charge in [-0.2, -0.15) is 0 Å². The monoisotopic (exact) mass is 289 g/mol. The molecule has 0 fully saturated rings. The van der Waals surface area contributed by atoms with Crippen molar-refractivity contribution in [3.8, 4) is 5.75 Å². The quantitative estimate of drug-likeness (QED) is 0.453. The zero-order chi connectivity index (χ0) is 14.6. The smallest absolute Gasteiger partial charge is 0.275 e. The Morgan fingerprint density at radius 3 is 2.58 bits per heavy atom. The standard InChI is InChI=1S/C13H17ClFNO3/c1-8(2)4-10(14)5-9-6-13(19-3)11(15)7-12(9)16(17)18/h6-8,10H,4-5H2,1-3H3. The highest BCUT2D eigenvalue weighted by molar-refractivity contribution is 6.20. The number of nitrogens with zero attached hydrogens (tertiary/aromatic N) is 1. The molecule has 0 aromatic heterocycles. The van der Waals surface area contributed by atoms with Gasteiger partial charge < -0.3 is 4.74 Å². The van der Waals surface area contributed by atoms with Crippen molar-refractivity contribution in [3.05, 3.63) is 33.6 Å². The van der Waals surface area contributed by atoms with E-state index >= 15 is 0 Å². The fourth-order valence-corrected chi connectivity index (χ4v) is 2.43. The molecule has 0 saturated heterocycles. The van der Waals surface area contributed by atoms with E-state index in [1.54, 1.807) is 0 Å². The van der Waals surface area contributed by atoms with Crippen LogP contribution in [0.5, 0.6) is 5.75 Å². The van der Waals surface area contributed by atoms with Crippen molar-refractivity contribution in [2.75, 3.05) is 7.11 Å². The van der Waals surface area contributed by atoms with Crippen LogP contribution < -0.4 is 4.74 Å². The maximum Gasteiger partial charge on any atom is 0.275 e. The van der Waals surface area contributed by atoms with E-state index < -0.39 is 10.7 Å². The number of methoxy groups -OCH3 is 1. The average molecular weight is 290 g/mol. The largest absolute Gasteiger partial charge is 0.494 e. The van der Waals surface area contributed by atoms with Gasteiger partial charge in [0.05, 0.1) is 18.1 Å². The molecule has 1 atom stereocenters. The summed E-state index contributed by atoms with van der Waals surface area (Å²) in [5.41, 5.74) is 0.136. The summed E-state index contributed by atoms with van der Waals surface area (Å²) >= 11 is 6.17. The Morgan fingerprint density at radius 2 is 2.11 bits per heavy atom. The van der Waals surface area contributed by atoms with Gasteiger partial charge in [0.2, 0.25) is 0 Å². The molecule has 0 bridgehead atoms. The average Bonchev–Trinajstić information content (AvgIpc) is 2.29. The number of rotatable bonds is 6. The lowest BCUT2D eigenvalue weighted by molar-refractivity contribution is -0.385. The molecule has 0 saturated carbocycles. The van der Waals surface area contributed by atoms with E-state index in [0.29, 0.717) is 17.9 Å². The fraction of sp³-hybridized carbons (Fsp3) is 0.538. The molecule has 1 unspecified atom stereocenters. The van der Waals surface area contributed by atoms with E-state index in [0.717, 1.165) is 12.5 Å². The Balaban J connectivity index is 3.06. The molecule has 0 radical (unpaired) electrons. The first-order valence-electron chi connectivity index (χ1n) is 6.00. The highest BCUT2D eigenvalue weighted by Crippen LogP contribution is 2.30. The van der Waals surface area contributed by atoms with Crippen LogP contribution in [-0.2, 0) is 6.42 Å². The Labute approximate surface area is 116 Å². The number of hydrogen-bond donors (Lipinski definition) is 0. The molecule has 0 aliphatic rings. The van der Waals surface area contributed by atoms with Gasteiger partial charge in [-0.1, -0.05) is 13.8 Å². The third-order valence-electron chi connectivity index (χ3n) is 2.72. The molecule has 0 aliphatic heterocycles. The van der Waals surface area contributed by atoms with Crippen LogP contribution in [0.1, 0.15) is 25.8 Å². The summed E-state index contributed by atoms with van der Waals surface area (Å²) in [6, 6.07) is 2.23. The summed E-state index contributed by atoms with van der Waals surface area (Å²) in [5.74, 6) is -0.356. The zero-order valence-corrected chi connectivity index (χ0v) is 11.9. The van der Waals surface area contributed by atoms with E-state index in [-0.39, 0.29) is 16.8 Å². The zero-order valence-electron chi connectivity index (χ0n) is 11.2. The number of halogens is 2. The van der Waals surface area contributed by atoms with Crippen LogP contribution in [0, 0.1) is 21.8 Å². The molecule has 0 amide bonds. The Morgan fingerprint density at radius 1 is 1.47 bits per heavy atom. The molecule has 1 aromatic rings. The highest BCUT2D eigenvalue weighted by Gasteiger charge is 2.21. The molecule has 0 N–H and O–H groups in total. The van der Waals surface area contributed by atoms with Crippen LogP contribution in [0.15, 0.2) is 12.1 Å². The molecule has 106 valence electrons. The number of hydrogen-bond acceptors (Lipinski definition) is 3. The summed E-state index contributed by atoms with van der Waals surface area (Å²) in [6.07, 6.45) is 1.05. The molecular weight excluding hydrogens is 273 g/mol. The second-order valence-electron chi connectivity index (χ2n) is 4.80. The molecule has 4 nitrogen and oxygen atoms in total. The molecule has 6 heteroatoms. The molecule has 1 aromatic carbocycles. The number of alkyl halides is 1. The van der Waals surface area contributed by atoms with Crippen LogP contribution in [0.25, 0.3) is 0 Å². The van der Waals surface area contributed by atoms with Crippen LogP contribution in [-0.4, -0.2) is 17.4 Å². The minimum atomic E-state index is -0.743. The van der Waals surface area contributed by atoms with Gasteiger partial charge in [-0.15, -0.1) is 11.6 Å². The van der Waals surface area contributed by atoms with E-state index in [9.17, 15) is 14.5 Å². The molecule has 0 aliphatic carbocycles. The van der Waals surface area contributed by atoms with E-state index in [2.05, 4.69) is 0 Å². The van der Waals surface area contributed by atoms with Crippen molar-refractivity contribution in [3.63, 3.8) is 0 Å². The molecular formula is C13H17ClFNO3. The van der Waals surface area contributed by atoms with Crippen LogP contribution >= 0.6 is 11.6 Å². The lowest BCUT2D eigenvalue weighted by atomic mass is 10.0. The van der Waals surface area contributed by atoms with Crippen LogP contribution in [0.4, 0.5) is 10.1 Å². The first-order valence-corrected chi connectivity index (χ1v) is 6.43. The van der Waals surface area contributed by atoms with E-state index in [4.69, 9.17) is 16.3 Å². The lowest BCUT2D eigenvalue weighted by Gasteiger charge is -2.13. The van der Waals surface area contributed by atoms with Gasteiger partial charge in [0, 0.05) is 10.9 Å². The number of nitro benzene ring substituents is 1. The minimum Gasteiger partial charge on any atom is -0.494 e. The van der Waals surface area contributed by atoms with Gasteiger partial charge in [-0.25, -0.2) is 4.39 Å². The third-order valence-corrected chi connectivity index (χ3v) is 3.05. The van der Waals surface area contributed by atoms with Gasteiger partial charge in [0.25, 0.3) is 5.69 Å². The second-order valence-corrected chi connectivity index (χ2v) is 5.42. The van der Waals surface area contributed by atoms with Crippen LogP contribution in [0.2, 0.25) is 0 Å². The van der Waals surface area contributed by atoms with Gasteiger partial charge in [-0.3, -0.25) is 10.1 Å². The van der Waals surface area contributed by atoms with Crippen molar-refractivity contribution in [2.45, 2.75) is 32.1 Å². The number of nitro groups is 1. The molecule has 0 heterocycles. The molecule has 19 heavy (non-hydrogen) atoms. The summed E-state index contributed by atoms with van der Waals surface area (Å²) in [6.45, 7) is 4.05. The summed E-state index contributed by atoms with van der Waals surface area (Å²) in [5, 5.41) is 10.7. The van der Waals surface area contributed by atoms with Gasteiger partial charge in [0.1, 0.15) is 0 Å². The summed E-state index contributed by atoms with van der Waals surface area (Å²) in [4.78, 5) is 10.3. The topological polar surface area (TPSA) is 52.4 Å². The minimum absolute atomic E-state index is 0.00554. The van der Waals surface area contributed by atoms with Crippen LogP contribution in [0.3, 0.4) is 0 Å². The maximum absolute atomic E-state index is 13.5. The highest BCUT2D eigenvalue weighted by atomic mass is 35.5. The SMILES string of the molecule is COc1cc(CC(Cl)CC(C)C)c([N+](=O)[O-])cc1F. The van der Waals surface area contributed by atoms with E-state index in [1.165, 1.54) is 13.2 Å². The number of benzene rings is 1. The predicted octanol–water partition coefficient (Wildman–Crippen LogP) is 3.94. The summed E-state index contributed by atoms with van der Waals surface area (Å²) < 4.78 is 18.3. The maximum atomic E-state index is 13.5. The summed E-state index contributed by atoms with van der Waals surface area (Å²) in [7, 11) is 1.32. The second kappa shape index (κ2) is 6.70. The third kappa shape index (κ3) is 4.35.